The largest absolute Gasteiger partial charge is 0.464 e. The zero-order valence-electron chi connectivity index (χ0n) is 17.3. The van der Waals surface area contributed by atoms with Gasteiger partial charge in [0.05, 0.1) is 24.2 Å². The van der Waals surface area contributed by atoms with E-state index in [1.54, 1.807) is 18.2 Å². The van der Waals surface area contributed by atoms with Crippen molar-refractivity contribution in [2.24, 2.45) is 0 Å². The molecule has 31 heavy (non-hydrogen) atoms. The number of nitrogens with zero attached hydrogens (tertiary/aromatic N) is 2. The van der Waals surface area contributed by atoms with E-state index in [2.05, 4.69) is 20.2 Å². The summed E-state index contributed by atoms with van der Waals surface area (Å²) in [5.74, 6) is -0.0487. The monoisotopic (exact) mass is 414 g/mol. The zero-order valence-corrected chi connectivity index (χ0v) is 17.3. The van der Waals surface area contributed by atoms with Gasteiger partial charge in [0.1, 0.15) is 5.82 Å². The molecule has 0 atom stereocenters. The Hall–Kier alpha value is -4.13. The van der Waals surface area contributed by atoms with Crippen LogP contribution in [0.3, 0.4) is 0 Å². The summed E-state index contributed by atoms with van der Waals surface area (Å²) >= 11 is 0. The molecule has 2 aliphatic heterocycles. The van der Waals surface area contributed by atoms with E-state index in [1.807, 2.05) is 61.7 Å². The van der Waals surface area contributed by atoms with E-state index >= 15 is 0 Å². The molecule has 2 aromatic carbocycles. The Morgan fingerprint density at radius 2 is 1.81 bits per heavy atom. The summed E-state index contributed by atoms with van der Waals surface area (Å²) in [6.45, 7) is 2.69. The number of para-hydroxylation sites is 2. The maximum absolute atomic E-state index is 12.7. The highest BCUT2D eigenvalue weighted by atomic mass is 16.5. The first-order chi connectivity index (χ1) is 15.1. The normalized spacial score (nSPS) is 10.6. The van der Waals surface area contributed by atoms with Gasteiger partial charge in [-0.2, -0.15) is 0 Å². The van der Waals surface area contributed by atoms with E-state index in [9.17, 15) is 9.59 Å². The van der Waals surface area contributed by atoms with E-state index in [-0.39, 0.29) is 11.6 Å². The van der Waals surface area contributed by atoms with Gasteiger partial charge in [-0.3, -0.25) is 4.79 Å². The van der Waals surface area contributed by atoms with E-state index in [1.165, 1.54) is 7.11 Å². The van der Waals surface area contributed by atoms with Crippen LogP contribution in [0.1, 0.15) is 27.8 Å². The van der Waals surface area contributed by atoms with E-state index in [4.69, 9.17) is 4.74 Å². The Balaban J connectivity index is 1.68. The minimum absolute atomic E-state index is 0.172. The lowest BCUT2D eigenvalue weighted by molar-refractivity contribution is 0.0595. The van der Waals surface area contributed by atoms with Crippen LogP contribution in [-0.2, 0) is 4.74 Å². The number of pyridine rings is 1. The highest BCUT2D eigenvalue weighted by Crippen LogP contribution is 2.34. The van der Waals surface area contributed by atoms with Crippen molar-refractivity contribution in [1.29, 1.82) is 0 Å². The van der Waals surface area contributed by atoms with Crippen molar-refractivity contribution in [2.75, 3.05) is 23.9 Å². The summed E-state index contributed by atoms with van der Waals surface area (Å²) in [5, 5.41) is 3.01. The van der Waals surface area contributed by atoms with E-state index in [0.717, 1.165) is 16.9 Å². The van der Waals surface area contributed by atoms with Crippen molar-refractivity contribution < 1.29 is 14.3 Å². The number of hydrogen-bond donors (Lipinski definition) is 2. The maximum Gasteiger partial charge on any atom is 0.356 e. The molecule has 156 valence electrons. The van der Waals surface area contributed by atoms with Crippen molar-refractivity contribution >= 4 is 28.9 Å². The van der Waals surface area contributed by atoms with Gasteiger partial charge in [-0.25, -0.2) is 9.78 Å². The SMILES string of the molecule is CCN(c1c[nH]c2nc(C(=O)OC)cc-2c1)c1ccccc1NC(=O)c1ccccc1. The summed E-state index contributed by atoms with van der Waals surface area (Å²) in [7, 11) is 1.33. The van der Waals surface area contributed by atoms with Crippen LogP contribution in [0.4, 0.5) is 17.1 Å². The van der Waals surface area contributed by atoms with Crippen molar-refractivity contribution in [1.82, 2.24) is 9.97 Å². The quantitative estimate of drug-likeness (QED) is 0.446. The second-order valence-electron chi connectivity index (χ2n) is 6.88. The molecule has 0 spiro atoms. The van der Waals surface area contributed by atoms with Gasteiger partial charge < -0.3 is 19.9 Å². The van der Waals surface area contributed by atoms with E-state index in [0.29, 0.717) is 23.6 Å². The fourth-order valence-electron chi connectivity index (χ4n) is 3.46. The Morgan fingerprint density at radius 1 is 1.06 bits per heavy atom. The number of anilines is 3. The average Bonchev–Trinajstić information content (AvgIpc) is 3.24. The standard InChI is InChI=1S/C24H22N4O3/c1-3-28(18-13-17-14-20(24(30)31-2)26-22(17)25-15-18)21-12-8-7-11-19(21)27-23(29)16-9-5-4-6-10-16/h4-15H,3H2,1-2H3,(H,25,26)(H,27,29). The van der Waals surface area contributed by atoms with Gasteiger partial charge >= 0.3 is 5.97 Å². The summed E-state index contributed by atoms with van der Waals surface area (Å²) in [5.41, 5.74) is 4.07. The molecule has 7 nitrogen and oxygen atoms in total. The summed E-state index contributed by atoms with van der Waals surface area (Å²) in [4.78, 5) is 34.0. The lowest BCUT2D eigenvalue weighted by Gasteiger charge is -2.26. The molecule has 2 aliphatic rings. The highest BCUT2D eigenvalue weighted by molar-refractivity contribution is 6.06. The first-order valence-corrected chi connectivity index (χ1v) is 9.91. The number of aromatic nitrogens is 2. The van der Waals surface area contributed by atoms with Crippen molar-refractivity contribution in [2.45, 2.75) is 6.92 Å². The number of fused-ring (bicyclic) bond motifs is 1. The van der Waals surface area contributed by atoms with E-state index < -0.39 is 5.97 Å². The number of hydrogen-bond acceptors (Lipinski definition) is 5. The van der Waals surface area contributed by atoms with Crippen LogP contribution < -0.4 is 10.2 Å². The summed E-state index contributed by atoms with van der Waals surface area (Å²) in [6.07, 6.45) is 1.83. The van der Waals surface area contributed by atoms with Gasteiger partial charge in [0.25, 0.3) is 5.91 Å². The van der Waals surface area contributed by atoms with Crippen LogP contribution in [0.15, 0.2) is 72.9 Å². The molecule has 2 N–H and O–H groups in total. The molecule has 7 heteroatoms. The lowest BCUT2D eigenvalue weighted by atomic mass is 10.1. The number of carbonyl (C=O) groups is 2. The third kappa shape index (κ3) is 4.11. The van der Waals surface area contributed by atoms with Crippen LogP contribution in [0.25, 0.3) is 11.4 Å². The lowest BCUT2D eigenvalue weighted by Crippen LogP contribution is -2.20. The molecule has 0 radical (unpaired) electrons. The van der Waals surface area contributed by atoms with Crippen LogP contribution >= 0.6 is 0 Å². The van der Waals surface area contributed by atoms with Gasteiger partial charge in [0.15, 0.2) is 5.69 Å². The number of benzene rings is 2. The number of methoxy groups -OCH3 is 1. The third-order valence-corrected chi connectivity index (χ3v) is 4.96. The number of amides is 1. The molecule has 1 amide bonds. The molecule has 0 aromatic heterocycles. The number of H-pyrrole nitrogens is 1. The van der Waals surface area contributed by atoms with Crippen LogP contribution in [0.5, 0.6) is 0 Å². The summed E-state index contributed by atoms with van der Waals surface area (Å²) in [6, 6.07) is 20.4. The summed E-state index contributed by atoms with van der Waals surface area (Å²) < 4.78 is 4.76. The molecule has 0 fully saturated rings. The number of carbonyl (C=O) groups excluding carboxylic acids is 2. The van der Waals surface area contributed by atoms with Crippen molar-refractivity contribution in [3.05, 3.63) is 84.2 Å². The molecule has 2 aromatic rings. The molecule has 0 bridgehead atoms. The number of nitrogens with one attached hydrogen (secondary N) is 2. The molecule has 0 unspecified atom stereocenters. The van der Waals surface area contributed by atoms with Crippen LogP contribution in [0.2, 0.25) is 0 Å². The molecule has 4 rings (SSSR count). The third-order valence-electron chi connectivity index (χ3n) is 4.96. The number of esters is 1. The topological polar surface area (TPSA) is 87.3 Å². The number of aromatic amines is 1. The number of rotatable bonds is 6. The molecule has 2 heterocycles. The van der Waals surface area contributed by atoms with Gasteiger partial charge in [-0.1, -0.05) is 30.3 Å². The Labute approximate surface area is 180 Å². The van der Waals surface area contributed by atoms with Gasteiger partial charge in [-0.05, 0) is 43.3 Å². The van der Waals surface area contributed by atoms with Gasteiger partial charge in [-0.15, -0.1) is 0 Å². The second kappa shape index (κ2) is 8.71. The zero-order chi connectivity index (χ0) is 21.8. The van der Waals surface area contributed by atoms with Crippen molar-refractivity contribution in [3.63, 3.8) is 0 Å². The Morgan fingerprint density at radius 3 is 2.55 bits per heavy atom. The number of ether oxygens (including phenoxy) is 1. The molecule has 0 saturated carbocycles. The Bertz CT molecular complexity index is 1190. The first-order valence-electron chi connectivity index (χ1n) is 9.91. The predicted octanol–water partition coefficient (Wildman–Crippen LogP) is 4.71. The van der Waals surface area contributed by atoms with Crippen LogP contribution in [-0.4, -0.2) is 35.5 Å². The fraction of sp³-hybridized carbons (Fsp3) is 0.125. The van der Waals surface area contributed by atoms with Gasteiger partial charge in [0.2, 0.25) is 0 Å². The first kappa shape index (κ1) is 20.2. The minimum atomic E-state index is -0.479. The maximum atomic E-state index is 12.7. The second-order valence-corrected chi connectivity index (χ2v) is 6.88. The average molecular weight is 414 g/mol. The Kier molecular flexibility index (Phi) is 5.66. The molecular weight excluding hydrogens is 392 g/mol. The van der Waals surface area contributed by atoms with Crippen molar-refractivity contribution in [3.8, 4) is 11.4 Å². The molecular formula is C24H22N4O3. The predicted molar refractivity (Wildman–Crippen MR) is 120 cm³/mol. The minimum Gasteiger partial charge on any atom is -0.464 e. The highest BCUT2D eigenvalue weighted by Gasteiger charge is 2.19. The molecule has 0 aliphatic carbocycles. The fourth-order valence-corrected chi connectivity index (χ4v) is 3.46. The molecule has 0 saturated heterocycles. The van der Waals surface area contributed by atoms with Crippen LogP contribution in [0, 0.1) is 0 Å². The van der Waals surface area contributed by atoms with Gasteiger partial charge in [0, 0.05) is 23.9 Å². The smallest absolute Gasteiger partial charge is 0.356 e.